The first-order valence-electron chi connectivity index (χ1n) is 6.47. The predicted molar refractivity (Wildman–Crippen MR) is 66.4 cm³/mol. The Morgan fingerprint density at radius 3 is 3.06 bits per heavy atom. The zero-order valence-corrected chi connectivity index (χ0v) is 10.0. The molecule has 0 aliphatic carbocycles. The van der Waals surface area contributed by atoms with Crippen LogP contribution in [0.1, 0.15) is 18.4 Å². The highest BCUT2D eigenvalue weighted by molar-refractivity contribution is 5.37. The van der Waals surface area contributed by atoms with Crippen molar-refractivity contribution in [3.63, 3.8) is 0 Å². The van der Waals surface area contributed by atoms with E-state index in [0.717, 1.165) is 25.3 Å². The third-order valence-electron chi connectivity index (χ3n) is 3.50. The molecule has 2 heterocycles. The van der Waals surface area contributed by atoms with E-state index in [1.54, 1.807) is 0 Å². The van der Waals surface area contributed by atoms with Gasteiger partial charge >= 0.3 is 0 Å². The molecule has 92 valence electrons. The molecule has 2 aliphatic rings. The third kappa shape index (κ3) is 2.61. The number of hydrogen-bond donors (Lipinski definition) is 1. The van der Waals surface area contributed by atoms with E-state index in [9.17, 15) is 0 Å². The number of fused-ring (bicyclic) bond motifs is 1. The topological polar surface area (TPSA) is 30.5 Å². The molecule has 1 N–H and O–H groups in total. The molecule has 0 saturated carbocycles. The van der Waals surface area contributed by atoms with E-state index in [1.165, 1.54) is 18.4 Å². The maximum Gasteiger partial charge on any atom is 0.126 e. The summed E-state index contributed by atoms with van der Waals surface area (Å²) in [6.07, 6.45) is 3.70. The Morgan fingerprint density at radius 1 is 1.29 bits per heavy atom. The molecule has 2 unspecified atom stereocenters. The predicted octanol–water partition coefficient (Wildman–Crippen LogP) is 1.76. The Morgan fingerprint density at radius 2 is 2.24 bits per heavy atom. The Balaban J connectivity index is 1.43. The highest BCUT2D eigenvalue weighted by atomic mass is 16.5. The van der Waals surface area contributed by atoms with Gasteiger partial charge in [-0.25, -0.2) is 0 Å². The molecular formula is C14H19NO2. The molecule has 3 heteroatoms. The fourth-order valence-corrected chi connectivity index (χ4v) is 2.59. The third-order valence-corrected chi connectivity index (χ3v) is 3.50. The van der Waals surface area contributed by atoms with Crippen LogP contribution in [0.4, 0.5) is 0 Å². The van der Waals surface area contributed by atoms with E-state index < -0.39 is 0 Å². The summed E-state index contributed by atoms with van der Waals surface area (Å²) in [5.41, 5.74) is 1.31. The van der Waals surface area contributed by atoms with Gasteiger partial charge in [-0.3, -0.25) is 0 Å². The Hall–Kier alpha value is -1.06. The first-order valence-corrected chi connectivity index (χ1v) is 6.47. The van der Waals surface area contributed by atoms with E-state index in [0.29, 0.717) is 12.6 Å². The summed E-state index contributed by atoms with van der Waals surface area (Å²) in [5, 5.41) is 3.43. The molecule has 0 radical (unpaired) electrons. The van der Waals surface area contributed by atoms with Crippen LogP contribution in [0.5, 0.6) is 5.75 Å². The number of rotatable bonds is 4. The van der Waals surface area contributed by atoms with Crippen LogP contribution < -0.4 is 10.1 Å². The van der Waals surface area contributed by atoms with Crippen molar-refractivity contribution in [2.45, 2.75) is 31.4 Å². The molecule has 1 saturated heterocycles. The highest BCUT2D eigenvalue weighted by Crippen LogP contribution is 2.28. The normalized spacial score (nSPS) is 26.8. The van der Waals surface area contributed by atoms with E-state index in [4.69, 9.17) is 9.47 Å². The summed E-state index contributed by atoms with van der Waals surface area (Å²) in [6, 6.07) is 8.80. The Labute approximate surface area is 102 Å². The maximum atomic E-state index is 5.83. The van der Waals surface area contributed by atoms with Crippen LogP contribution in [-0.2, 0) is 11.2 Å². The molecule has 2 aliphatic heterocycles. The van der Waals surface area contributed by atoms with Gasteiger partial charge in [-0.15, -0.1) is 0 Å². The fourth-order valence-electron chi connectivity index (χ4n) is 2.59. The zero-order valence-electron chi connectivity index (χ0n) is 10.0. The first kappa shape index (κ1) is 11.1. The van der Waals surface area contributed by atoms with Gasteiger partial charge in [-0.2, -0.15) is 0 Å². The molecule has 1 aromatic carbocycles. The number of ether oxygens (including phenoxy) is 2. The standard InChI is InChI=1S/C14H19NO2/c1-2-6-14-11(4-1)8-13(17-14)10-16-9-12-5-3-7-15-12/h1-2,4,6,12-13,15H,3,5,7-10H2. The van der Waals surface area contributed by atoms with Gasteiger partial charge in [0.2, 0.25) is 0 Å². The summed E-state index contributed by atoms with van der Waals surface area (Å²) >= 11 is 0. The van der Waals surface area contributed by atoms with Gasteiger partial charge in [-0.05, 0) is 31.0 Å². The van der Waals surface area contributed by atoms with Crippen LogP contribution in [0.25, 0.3) is 0 Å². The van der Waals surface area contributed by atoms with Crippen molar-refractivity contribution >= 4 is 0 Å². The van der Waals surface area contributed by atoms with E-state index >= 15 is 0 Å². The van der Waals surface area contributed by atoms with Crippen LogP contribution in [-0.4, -0.2) is 31.9 Å². The second-order valence-electron chi connectivity index (χ2n) is 4.88. The van der Waals surface area contributed by atoms with Crippen molar-refractivity contribution in [2.24, 2.45) is 0 Å². The van der Waals surface area contributed by atoms with E-state index in [2.05, 4.69) is 17.4 Å². The lowest BCUT2D eigenvalue weighted by molar-refractivity contribution is 0.0510. The monoisotopic (exact) mass is 233 g/mol. The molecular weight excluding hydrogens is 214 g/mol. The molecule has 0 bridgehead atoms. The molecule has 0 spiro atoms. The van der Waals surface area contributed by atoms with Crippen LogP contribution in [0, 0.1) is 0 Å². The van der Waals surface area contributed by atoms with Gasteiger partial charge in [0.1, 0.15) is 11.9 Å². The van der Waals surface area contributed by atoms with Crippen molar-refractivity contribution in [3.05, 3.63) is 29.8 Å². The van der Waals surface area contributed by atoms with Crippen molar-refractivity contribution < 1.29 is 9.47 Å². The minimum Gasteiger partial charge on any atom is -0.487 e. The lowest BCUT2D eigenvalue weighted by Crippen LogP contribution is -2.29. The van der Waals surface area contributed by atoms with Crippen molar-refractivity contribution in [1.29, 1.82) is 0 Å². The number of hydrogen-bond acceptors (Lipinski definition) is 3. The van der Waals surface area contributed by atoms with E-state index in [-0.39, 0.29) is 6.10 Å². The Kier molecular flexibility index (Phi) is 3.29. The van der Waals surface area contributed by atoms with Gasteiger partial charge in [0.05, 0.1) is 13.2 Å². The number of para-hydroxylation sites is 1. The van der Waals surface area contributed by atoms with Gasteiger partial charge < -0.3 is 14.8 Å². The second-order valence-corrected chi connectivity index (χ2v) is 4.88. The maximum absolute atomic E-state index is 5.83. The van der Waals surface area contributed by atoms with E-state index in [1.807, 2.05) is 12.1 Å². The smallest absolute Gasteiger partial charge is 0.126 e. The average Bonchev–Trinajstić information content (AvgIpc) is 2.96. The quantitative estimate of drug-likeness (QED) is 0.859. The largest absolute Gasteiger partial charge is 0.487 e. The summed E-state index contributed by atoms with van der Waals surface area (Å²) in [7, 11) is 0. The van der Waals surface area contributed by atoms with Crippen LogP contribution in [0.3, 0.4) is 0 Å². The summed E-state index contributed by atoms with van der Waals surface area (Å²) in [4.78, 5) is 0. The summed E-state index contributed by atoms with van der Waals surface area (Å²) in [6.45, 7) is 2.66. The average molecular weight is 233 g/mol. The zero-order chi connectivity index (χ0) is 11.5. The van der Waals surface area contributed by atoms with Crippen molar-refractivity contribution in [2.75, 3.05) is 19.8 Å². The van der Waals surface area contributed by atoms with Crippen LogP contribution in [0.15, 0.2) is 24.3 Å². The molecule has 1 fully saturated rings. The highest BCUT2D eigenvalue weighted by Gasteiger charge is 2.23. The molecule has 0 aromatic heterocycles. The molecule has 3 nitrogen and oxygen atoms in total. The lowest BCUT2D eigenvalue weighted by atomic mass is 10.1. The second kappa shape index (κ2) is 5.07. The van der Waals surface area contributed by atoms with Crippen molar-refractivity contribution in [1.82, 2.24) is 5.32 Å². The summed E-state index contributed by atoms with van der Waals surface area (Å²) < 4.78 is 11.6. The van der Waals surface area contributed by atoms with Gasteiger partial charge in [0, 0.05) is 12.5 Å². The van der Waals surface area contributed by atoms with Crippen LogP contribution >= 0.6 is 0 Å². The molecule has 17 heavy (non-hydrogen) atoms. The minimum atomic E-state index is 0.203. The molecule has 0 amide bonds. The van der Waals surface area contributed by atoms with Gasteiger partial charge in [0.15, 0.2) is 0 Å². The SMILES string of the molecule is c1ccc2c(c1)CC(COCC1CCCN1)O2. The molecule has 1 aromatic rings. The minimum absolute atomic E-state index is 0.203. The molecule has 2 atom stereocenters. The summed E-state index contributed by atoms with van der Waals surface area (Å²) in [5.74, 6) is 1.03. The number of nitrogens with one attached hydrogen (secondary N) is 1. The number of benzene rings is 1. The van der Waals surface area contributed by atoms with Gasteiger partial charge in [0.25, 0.3) is 0 Å². The Bertz CT molecular complexity index is 349. The first-order chi connectivity index (χ1) is 8.42. The molecule has 3 rings (SSSR count). The van der Waals surface area contributed by atoms with Crippen molar-refractivity contribution in [3.8, 4) is 5.75 Å². The fraction of sp³-hybridized carbons (Fsp3) is 0.571. The lowest BCUT2D eigenvalue weighted by Gasteiger charge is -2.14. The van der Waals surface area contributed by atoms with Gasteiger partial charge in [-0.1, -0.05) is 18.2 Å². The van der Waals surface area contributed by atoms with Crippen LogP contribution in [0.2, 0.25) is 0 Å².